The Bertz CT molecular complexity index is 2080. The first kappa shape index (κ1) is 29.8. The number of thiazole rings is 1. The van der Waals surface area contributed by atoms with Gasteiger partial charge < -0.3 is 5.32 Å². The van der Waals surface area contributed by atoms with Gasteiger partial charge in [-0.3, -0.25) is 4.72 Å². The van der Waals surface area contributed by atoms with Gasteiger partial charge in [-0.05, 0) is 80.2 Å². The van der Waals surface area contributed by atoms with Gasteiger partial charge in [0, 0.05) is 23.2 Å². The van der Waals surface area contributed by atoms with Crippen molar-refractivity contribution >= 4 is 42.8 Å². The summed E-state index contributed by atoms with van der Waals surface area (Å²) in [6, 6.07) is 8.43. The molecule has 46 heavy (non-hydrogen) atoms. The van der Waals surface area contributed by atoms with Crippen molar-refractivity contribution in [3.05, 3.63) is 71.1 Å². The van der Waals surface area contributed by atoms with Gasteiger partial charge in [-0.1, -0.05) is 12.1 Å². The zero-order chi connectivity index (χ0) is 32.0. The number of nitrogens with zero attached hydrogens (tertiary/aromatic N) is 3. The number of halogens is 3. The lowest BCUT2D eigenvalue weighted by atomic mass is 9.85. The van der Waals surface area contributed by atoms with Crippen molar-refractivity contribution in [3.8, 4) is 21.8 Å². The first-order valence-electron chi connectivity index (χ1n) is 15.0. The fraction of sp³-hybridized carbons (Fsp3) is 0.387. The van der Waals surface area contributed by atoms with Gasteiger partial charge in [0.25, 0.3) is 10.0 Å². The van der Waals surface area contributed by atoms with Crippen LogP contribution in [0.1, 0.15) is 37.1 Å². The Balaban J connectivity index is 1.18. The first-order valence-corrected chi connectivity index (χ1v) is 19.1. The molecule has 1 aliphatic heterocycles. The molecule has 0 amide bonds. The average Bonchev–Trinajstić information content (AvgIpc) is 3.56. The van der Waals surface area contributed by atoms with Gasteiger partial charge in [0.1, 0.15) is 16.6 Å². The normalized spacial score (nSPS) is 27.5. The molecule has 15 heteroatoms. The Kier molecular flexibility index (Phi) is 6.79. The highest BCUT2D eigenvalue weighted by atomic mass is 32.2. The van der Waals surface area contributed by atoms with Crippen LogP contribution in [0, 0.1) is 35.2 Å². The number of aromatic nitrogens is 3. The zero-order valence-electron chi connectivity index (χ0n) is 24.2. The third-order valence-electron chi connectivity index (χ3n) is 9.92. The summed E-state index contributed by atoms with van der Waals surface area (Å²) in [5.41, 5.74) is 0.161. The van der Waals surface area contributed by atoms with Gasteiger partial charge in [-0.15, -0.1) is 11.3 Å². The van der Waals surface area contributed by atoms with Crippen LogP contribution in [0.15, 0.2) is 53.6 Å². The van der Waals surface area contributed by atoms with E-state index in [1.807, 2.05) is 4.72 Å². The molecule has 8 rings (SSSR count). The smallest absolute Gasteiger partial charge is 0.267 e. The van der Waals surface area contributed by atoms with E-state index in [0.29, 0.717) is 22.4 Å². The Morgan fingerprint density at radius 1 is 0.935 bits per heavy atom. The molecule has 4 aromatic rings. The van der Waals surface area contributed by atoms with Crippen molar-refractivity contribution in [2.75, 3.05) is 21.5 Å². The average molecular weight is 688 g/mol. The van der Waals surface area contributed by atoms with E-state index in [2.05, 4.69) is 10.3 Å². The second-order valence-electron chi connectivity index (χ2n) is 12.8. The van der Waals surface area contributed by atoms with Crippen molar-refractivity contribution < 1.29 is 30.0 Å². The molecule has 3 aliphatic carbocycles. The summed E-state index contributed by atoms with van der Waals surface area (Å²) in [5, 5.41) is 4.14. The van der Waals surface area contributed by atoms with E-state index in [0.717, 1.165) is 55.3 Å². The molecular weight excluding hydrogens is 660 g/mol. The number of hydrogen-bond donors (Lipinski definition) is 2. The summed E-state index contributed by atoms with van der Waals surface area (Å²) in [4.78, 5) is 13.4. The maximum Gasteiger partial charge on any atom is 0.267 e. The number of sulfonamides is 1. The third-order valence-corrected chi connectivity index (χ3v) is 14.4. The van der Waals surface area contributed by atoms with Crippen molar-refractivity contribution in [1.82, 2.24) is 15.0 Å². The van der Waals surface area contributed by atoms with Crippen LogP contribution in [-0.4, -0.2) is 49.3 Å². The van der Waals surface area contributed by atoms with Crippen LogP contribution in [0.25, 0.3) is 21.8 Å². The first-order chi connectivity index (χ1) is 21.9. The second-order valence-corrected chi connectivity index (χ2v) is 17.6. The van der Waals surface area contributed by atoms with Gasteiger partial charge in [0.05, 0.1) is 33.5 Å². The maximum atomic E-state index is 16.3. The monoisotopic (exact) mass is 687 g/mol. The number of hydrogen-bond acceptors (Lipinski definition) is 9. The molecule has 2 aromatic carbocycles. The van der Waals surface area contributed by atoms with Crippen LogP contribution in [0.4, 0.5) is 24.8 Å². The summed E-state index contributed by atoms with van der Waals surface area (Å²) >= 11 is 1.43. The van der Waals surface area contributed by atoms with E-state index < -0.39 is 47.9 Å². The van der Waals surface area contributed by atoms with Gasteiger partial charge in [-0.2, -0.15) is 0 Å². The molecule has 4 aliphatic rings. The predicted molar refractivity (Wildman–Crippen MR) is 167 cm³/mol. The molecule has 3 heterocycles. The van der Waals surface area contributed by atoms with E-state index in [4.69, 9.17) is 9.97 Å². The minimum absolute atomic E-state index is 0.00528. The Hall–Kier alpha value is -3.56. The largest absolute Gasteiger partial charge is 0.351 e. The molecule has 2 N–H and O–H groups in total. The molecule has 1 saturated heterocycles. The van der Waals surface area contributed by atoms with Gasteiger partial charge in [0.2, 0.25) is 5.95 Å². The van der Waals surface area contributed by atoms with Crippen LogP contribution < -0.4 is 10.0 Å². The summed E-state index contributed by atoms with van der Waals surface area (Å²) in [5.74, 6) is -2.27. The van der Waals surface area contributed by atoms with Crippen molar-refractivity contribution in [3.63, 3.8) is 0 Å². The van der Waals surface area contributed by atoms with Crippen LogP contribution in [0.5, 0.6) is 0 Å². The quantitative estimate of drug-likeness (QED) is 0.239. The fourth-order valence-corrected chi connectivity index (χ4v) is 12.3. The highest BCUT2D eigenvalue weighted by molar-refractivity contribution is 7.92. The van der Waals surface area contributed by atoms with Crippen LogP contribution in [0.3, 0.4) is 0 Å². The van der Waals surface area contributed by atoms with Gasteiger partial charge >= 0.3 is 0 Å². The van der Waals surface area contributed by atoms with Gasteiger partial charge in [0.15, 0.2) is 20.5 Å². The number of fused-ring (bicyclic) bond motifs is 3. The van der Waals surface area contributed by atoms with E-state index in [1.54, 1.807) is 12.3 Å². The van der Waals surface area contributed by atoms with E-state index >= 15 is 4.39 Å². The lowest BCUT2D eigenvalue weighted by Gasteiger charge is -2.23. The zero-order valence-corrected chi connectivity index (χ0v) is 26.7. The number of anilines is 2. The number of nitrogens with one attached hydrogen (secondary N) is 2. The fourth-order valence-electron chi connectivity index (χ4n) is 7.60. The van der Waals surface area contributed by atoms with E-state index in [9.17, 15) is 25.6 Å². The minimum Gasteiger partial charge on any atom is -0.351 e. The SMILES string of the molecule is O=S1(=O)C[C@@H]2C(Nc3nccc(-c4sc(C56CCC(CC5)C6)nc4-c4cccc(NS(=O)(=O)c5c(F)cccc5F)c4F)n3)[C@@H]2C1. The standard InChI is InChI=1S/C31H28F3N5O4S3/c32-20-4-2-5-21(33)28(20)46(42,43)39-22-6-1-3-17(24(22)34)26-27(44-29(37-26)31-10-7-16(13-31)8-11-31)23-9-12-35-30(36-23)38-25-18-14-45(40,41)15-19(18)25/h1-6,9,12,16,18-19,25,39H,7-8,10-11,13-15H2,(H,35,36,38)/t16?,18-,19+,25?,31?. The lowest BCUT2D eigenvalue weighted by Crippen LogP contribution is -2.19. The molecule has 4 fully saturated rings. The molecule has 0 spiro atoms. The molecule has 2 aromatic heterocycles. The summed E-state index contributed by atoms with van der Waals surface area (Å²) in [6.07, 6.45) is 6.73. The molecule has 2 bridgehead atoms. The third kappa shape index (κ3) is 4.98. The predicted octanol–water partition coefficient (Wildman–Crippen LogP) is 5.77. The number of benzene rings is 2. The molecule has 240 valence electrons. The Morgan fingerprint density at radius 2 is 1.63 bits per heavy atom. The molecule has 0 radical (unpaired) electrons. The van der Waals surface area contributed by atoms with Crippen LogP contribution in [0.2, 0.25) is 0 Å². The van der Waals surface area contributed by atoms with Crippen molar-refractivity contribution in [2.45, 2.75) is 48.5 Å². The molecule has 1 unspecified atom stereocenters. The van der Waals surface area contributed by atoms with Crippen LogP contribution >= 0.6 is 11.3 Å². The van der Waals surface area contributed by atoms with Crippen molar-refractivity contribution in [2.24, 2.45) is 17.8 Å². The van der Waals surface area contributed by atoms with E-state index in [1.165, 1.54) is 29.5 Å². The molecular formula is C31H28F3N5O4S3. The molecule has 3 atom stereocenters. The van der Waals surface area contributed by atoms with Crippen molar-refractivity contribution in [1.29, 1.82) is 0 Å². The van der Waals surface area contributed by atoms with Gasteiger partial charge in [-0.25, -0.2) is 45.0 Å². The highest BCUT2D eigenvalue weighted by Gasteiger charge is 2.59. The lowest BCUT2D eigenvalue weighted by molar-refractivity contribution is 0.417. The van der Waals surface area contributed by atoms with Crippen LogP contribution in [-0.2, 0) is 25.3 Å². The number of sulfone groups is 1. The topological polar surface area (TPSA) is 131 Å². The Labute approximate surface area is 267 Å². The second kappa shape index (κ2) is 10.5. The number of rotatable bonds is 8. The highest BCUT2D eigenvalue weighted by Crippen LogP contribution is 2.57. The maximum absolute atomic E-state index is 16.3. The molecule has 9 nitrogen and oxygen atoms in total. The summed E-state index contributed by atoms with van der Waals surface area (Å²) < 4.78 is 96.9. The summed E-state index contributed by atoms with van der Waals surface area (Å²) in [7, 11) is -7.83. The minimum atomic E-state index is -4.82. The van der Waals surface area contributed by atoms with E-state index in [-0.39, 0.29) is 46.1 Å². The summed E-state index contributed by atoms with van der Waals surface area (Å²) in [6.45, 7) is 0. The molecule has 3 saturated carbocycles. The Morgan fingerprint density at radius 3 is 2.30 bits per heavy atom.